The lowest BCUT2D eigenvalue weighted by molar-refractivity contribution is -0.274. The summed E-state index contributed by atoms with van der Waals surface area (Å²) < 4.78 is 40.5. The lowest BCUT2D eigenvalue weighted by atomic mass is 9.83. The molecule has 1 aliphatic rings. The minimum atomic E-state index is -4.66. The van der Waals surface area contributed by atoms with Gasteiger partial charge in [-0.25, -0.2) is 0 Å². The smallest absolute Gasteiger partial charge is 0.406 e. The highest BCUT2D eigenvalue weighted by Gasteiger charge is 2.31. The number of nitrogens with two attached hydrogens (primary N) is 1. The van der Waals surface area contributed by atoms with Crippen LogP contribution in [0.3, 0.4) is 0 Å². The fourth-order valence-corrected chi connectivity index (χ4v) is 2.86. The van der Waals surface area contributed by atoms with E-state index in [2.05, 4.69) is 4.74 Å². The average molecular weight is 287 g/mol. The van der Waals surface area contributed by atoms with Gasteiger partial charge in [-0.1, -0.05) is 44.2 Å². The van der Waals surface area contributed by atoms with E-state index < -0.39 is 6.36 Å². The maximum Gasteiger partial charge on any atom is 0.573 e. The number of rotatable bonds is 4. The van der Waals surface area contributed by atoms with Gasteiger partial charge in [0, 0.05) is 6.04 Å². The third kappa shape index (κ3) is 4.71. The molecule has 1 fully saturated rings. The maximum absolute atomic E-state index is 12.2. The second-order valence-electron chi connectivity index (χ2n) is 5.47. The first-order valence-corrected chi connectivity index (χ1v) is 7.05. The number of benzene rings is 1. The highest BCUT2D eigenvalue weighted by molar-refractivity contribution is 5.30. The molecular weight excluding hydrogens is 267 g/mol. The van der Waals surface area contributed by atoms with Gasteiger partial charge in [0.1, 0.15) is 5.75 Å². The Bertz CT molecular complexity index is 427. The highest BCUT2D eigenvalue weighted by atomic mass is 19.4. The molecule has 5 heteroatoms. The lowest BCUT2D eigenvalue weighted by Gasteiger charge is -2.25. The predicted octanol–water partition coefficient (Wildman–Crippen LogP) is 4.56. The number of halogens is 3. The van der Waals surface area contributed by atoms with E-state index in [4.69, 9.17) is 5.73 Å². The second kappa shape index (κ2) is 6.48. The minimum Gasteiger partial charge on any atom is -0.406 e. The third-order valence-electron chi connectivity index (χ3n) is 3.83. The molecule has 20 heavy (non-hydrogen) atoms. The van der Waals surface area contributed by atoms with Crippen LogP contribution in [0.5, 0.6) is 5.75 Å². The van der Waals surface area contributed by atoms with Crippen LogP contribution in [0.2, 0.25) is 0 Å². The van der Waals surface area contributed by atoms with Crippen molar-refractivity contribution in [2.75, 3.05) is 0 Å². The number of ether oxygens (including phenoxy) is 1. The molecule has 1 saturated carbocycles. The summed E-state index contributed by atoms with van der Waals surface area (Å²) in [6.45, 7) is 0. The number of alkyl halides is 3. The van der Waals surface area contributed by atoms with Gasteiger partial charge in [-0.05, 0) is 30.0 Å². The fourth-order valence-electron chi connectivity index (χ4n) is 2.86. The Morgan fingerprint density at radius 3 is 2.55 bits per heavy atom. The Labute approximate surface area is 117 Å². The SMILES string of the molecule is NC(CC1CCCCC1)c1cccc(OC(F)(F)F)c1. The van der Waals surface area contributed by atoms with Gasteiger partial charge in [0.2, 0.25) is 0 Å². The molecule has 0 radical (unpaired) electrons. The molecule has 0 aromatic heterocycles. The van der Waals surface area contributed by atoms with Crippen molar-refractivity contribution >= 4 is 0 Å². The summed E-state index contributed by atoms with van der Waals surface area (Å²) in [5.74, 6) is 0.389. The molecule has 1 aromatic carbocycles. The molecule has 0 aliphatic heterocycles. The summed E-state index contributed by atoms with van der Waals surface area (Å²) in [4.78, 5) is 0. The zero-order chi connectivity index (χ0) is 14.6. The van der Waals surface area contributed by atoms with Crippen LogP contribution in [-0.2, 0) is 0 Å². The largest absolute Gasteiger partial charge is 0.573 e. The molecule has 1 unspecified atom stereocenters. The summed E-state index contributed by atoms with van der Waals surface area (Å²) in [6.07, 6.45) is 2.25. The predicted molar refractivity (Wildman–Crippen MR) is 71.2 cm³/mol. The first kappa shape index (κ1) is 15.2. The van der Waals surface area contributed by atoms with Crippen molar-refractivity contribution in [2.24, 2.45) is 11.7 Å². The van der Waals surface area contributed by atoms with Crippen molar-refractivity contribution in [2.45, 2.75) is 50.9 Å². The van der Waals surface area contributed by atoms with Gasteiger partial charge >= 0.3 is 6.36 Å². The van der Waals surface area contributed by atoms with E-state index in [9.17, 15) is 13.2 Å². The quantitative estimate of drug-likeness (QED) is 0.881. The van der Waals surface area contributed by atoms with Crippen LogP contribution in [0.4, 0.5) is 13.2 Å². The molecule has 0 heterocycles. The molecular formula is C15H20F3NO. The molecule has 1 aliphatic carbocycles. The van der Waals surface area contributed by atoms with E-state index >= 15 is 0 Å². The number of hydrogen-bond acceptors (Lipinski definition) is 2. The number of hydrogen-bond donors (Lipinski definition) is 1. The Morgan fingerprint density at radius 2 is 1.90 bits per heavy atom. The van der Waals surface area contributed by atoms with Crippen molar-refractivity contribution in [3.63, 3.8) is 0 Å². The van der Waals surface area contributed by atoms with Crippen molar-refractivity contribution in [1.82, 2.24) is 0 Å². The summed E-state index contributed by atoms with van der Waals surface area (Å²) in [5.41, 5.74) is 6.83. The van der Waals surface area contributed by atoms with Crippen molar-refractivity contribution in [1.29, 1.82) is 0 Å². The van der Waals surface area contributed by atoms with Crippen LogP contribution in [0.1, 0.15) is 50.1 Å². The third-order valence-corrected chi connectivity index (χ3v) is 3.83. The molecule has 1 atom stereocenters. The van der Waals surface area contributed by atoms with Crippen LogP contribution in [0.15, 0.2) is 24.3 Å². The van der Waals surface area contributed by atoms with Crippen LogP contribution in [0, 0.1) is 5.92 Å². The van der Waals surface area contributed by atoms with E-state index in [1.807, 2.05) is 0 Å². The maximum atomic E-state index is 12.2. The van der Waals surface area contributed by atoms with E-state index in [0.29, 0.717) is 11.5 Å². The zero-order valence-electron chi connectivity index (χ0n) is 11.3. The molecule has 0 saturated heterocycles. The Hall–Kier alpha value is -1.23. The van der Waals surface area contributed by atoms with Gasteiger partial charge in [0.25, 0.3) is 0 Å². The molecule has 1 aromatic rings. The lowest BCUT2D eigenvalue weighted by Crippen LogP contribution is -2.19. The van der Waals surface area contributed by atoms with Gasteiger partial charge in [-0.2, -0.15) is 0 Å². The summed E-state index contributed by atoms with van der Waals surface area (Å²) in [6, 6.07) is 5.77. The fraction of sp³-hybridized carbons (Fsp3) is 0.600. The molecule has 2 rings (SSSR count). The molecule has 0 amide bonds. The second-order valence-corrected chi connectivity index (χ2v) is 5.47. The monoisotopic (exact) mass is 287 g/mol. The Morgan fingerprint density at radius 1 is 1.20 bits per heavy atom. The van der Waals surface area contributed by atoms with E-state index in [1.165, 1.54) is 44.2 Å². The van der Waals surface area contributed by atoms with E-state index in [-0.39, 0.29) is 11.8 Å². The first-order chi connectivity index (χ1) is 9.44. The van der Waals surface area contributed by atoms with E-state index in [1.54, 1.807) is 12.1 Å². The van der Waals surface area contributed by atoms with Crippen molar-refractivity contribution in [3.05, 3.63) is 29.8 Å². The normalized spacial score (nSPS) is 18.8. The van der Waals surface area contributed by atoms with Crippen LogP contribution in [0.25, 0.3) is 0 Å². The first-order valence-electron chi connectivity index (χ1n) is 7.05. The standard InChI is InChI=1S/C15H20F3NO/c16-15(17,18)20-13-8-4-7-12(10-13)14(19)9-11-5-2-1-3-6-11/h4,7-8,10-11,14H,1-3,5-6,9,19H2. The Kier molecular flexibility index (Phi) is 4.91. The van der Waals surface area contributed by atoms with Crippen LogP contribution >= 0.6 is 0 Å². The van der Waals surface area contributed by atoms with Gasteiger partial charge in [0.05, 0.1) is 0 Å². The molecule has 112 valence electrons. The van der Waals surface area contributed by atoms with Crippen LogP contribution in [-0.4, -0.2) is 6.36 Å². The van der Waals surface area contributed by atoms with Gasteiger partial charge in [-0.3, -0.25) is 0 Å². The molecule has 2 nitrogen and oxygen atoms in total. The van der Waals surface area contributed by atoms with Gasteiger partial charge < -0.3 is 10.5 Å². The summed E-state index contributed by atoms with van der Waals surface area (Å²) >= 11 is 0. The summed E-state index contributed by atoms with van der Waals surface area (Å²) in [5, 5.41) is 0. The average Bonchev–Trinajstić information content (AvgIpc) is 2.38. The molecule has 0 bridgehead atoms. The summed E-state index contributed by atoms with van der Waals surface area (Å²) in [7, 11) is 0. The van der Waals surface area contributed by atoms with E-state index in [0.717, 1.165) is 6.42 Å². The molecule has 0 spiro atoms. The zero-order valence-corrected chi connectivity index (χ0v) is 11.3. The van der Waals surface area contributed by atoms with Crippen molar-refractivity contribution < 1.29 is 17.9 Å². The van der Waals surface area contributed by atoms with Gasteiger partial charge in [-0.15, -0.1) is 13.2 Å². The van der Waals surface area contributed by atoms with Gasteiger partial charge in [0.15, 0.2) is 0 Å². The Balaban J connectivity index is 1.98. The topological polar surface area (TPSA) is 35.2 Å². The molecule has 2 N–H and O–H groups in total. The van der Waals surface area contributed by atoms with Crippen molar-refractivity contribution in [3.8, 4) is 5.75 Å². The van der Waals surface area contributed by atoms with Crippen LogP contribution < -0.4 is 10.5 Å². The minimum absolute atomic E-state index is 0.200. The highest BCUT2D eigenvalue weighted by Crippen LogP contribution is 2.32.